The summed E-state index contributed by atoms with van der Waals surface area (Å²) in [5.74, 6) is -1.61. The summed E-state index contributed by atoms with van der Waals surface area (Å²) in [5.41, 5.74) is 6.43. The average molecular weight is 377 g/mol. The normalized spacial score (nSPS) is 12.0. The number of nitrogens with one attached hydrogen (secondary N) is 2. The van der Waals surface area contributed by atoms with E-state index in [1.807, 2.05) is 0 Å². The molecule has 10 heteroatoms. The van der Waals surface area contributed by atoms with E-state index in [-0.39, 0.29) is 18.7 Å². The lowest BCUT2D eigenvalue weighted by Gasteiger charge is -2.16. The summed E-state index contributed by atoms with van der Waals surface area (Å²) >= 11 is 0. The van der Waals surface area contributed by atoms with E-state index in [1.165, 1.54) is 17.1 Å². The van der Waals surface area contributed by atoms with Gasteiger partial charge in [-0.2, -0.15) is 5.10 Å². The van der Waals surface area contributed by atoms with Crippen molar-refractivity contribution in [1.29, 1.82) is 0 Å². The number of amides is 1. The van der Waals surface area contributed by atoms with Crippen LogP contribution < -0.4 is 16.4 Å². The van der Waals surface area contributed by atoms with Crippen LogP contribution in [0.1, 0.15) is 11.6 Å². The Morgan fingerprint density at radius 1 is 1.26 bits per heavy atom. The second kappa shape index (κ2) is 7.87. The quantitative estimate of drug-likeness (QED) is 0.478. The number of hydrogen-bond donors (Lipinski definition) is 4. The molecule has 0 saturated heterocycles. The molecule has 0 radical (unpaired) electrons. The molecule has 1 unspecified atom stereocenters. The number of furan rings is 1. The van der Waals surface area contributed by atoms with E-state index in [0.29, 0.717) is 17.3 Å². The Labute approximate surface area is 152 Å². The molecule has 27 heavy (non-hydrogen) atoms. The fraction of sp³-hybridized carbons (Fsp3) is 0.176. The van der Waals surface area contributed by atoms with Crippen molar-refractivity contribution in [3.8, 4) is 0 Å². The maximum atomic E-state index is 13.4. The van der Waals surface area contributed by atoms with Gasteiger partial charge in [0.2, 0.25) is 5.91 Å². The molecule has 0 aliphatic heterocycles. The van der Waals surface area contributed by atoms with Crippen LogP contribution in [0.2, 0.25) is 0 Å². The first kappa shape index (κ1) is 18.4. The highest BCUT2D eigenvalue weighted by Gasteiger charge is 2.14. The number of aliphatic hydroxyl groups excluding tert-OH is 1. The molecule has 2 aromatic heterocycles. The molecular formula is C17H17F2N5O3. The van der Waals surface area contributed by atoms with Crippen LogP contribution in [-0.2, 0) is 11.3 Å². The lowest BCUT2D eigenvalue weighted by molar-refractivity contribution is -0.118. The lowest BCUT2D eigenvalue weighted by atomic mass is 10.1. The first-order valence-electron chi connectivity index (χ1n) is 7.92. The molecule has 3 rings (SSSR count). The van der Waals surface area contributed by atoms with E-state index < -0.39 is 23.6 Å². The van der Waals surface area contributed by atoms with Gasteiger partial charge in [-0.05, 0) is 17.7 Å². The maximum absolute atomic E-state index is 13.4. The predicted octanol–water partition coefficient (Wildman–Crippen LogP) is 2.13. The molecule has 1 atom stereocenters. The van der Waals surface area contributed by atoms with Gasteiger partial charge in [0, 0.05) is 18.3 Å². The van der Waals surface area contributed by atoms with Crippen LogP contribution in [0.15, 0.2) is 47.3 Å². The number of nitrogens with zero attached hydrogens (tertiary/aromatic N) is 2. The number of hydrogen-bond acceptors (Lipinski definition) is 6. The molecule has 1 amide bonds. The Balaban J connectivity index is 1.67. The van der Waals surface area contributed by atoms with E-state index >= 15 is 0 Å². The number of anilines is 3. The molecule has 3 aromatic rings. The van der Waals surface area contributed by atoms with Crippen molar-refractivity contribution in [2.45, 2.75) is 12.6 Å². The van der Waals surface area contributed by atoms with E-state index in [1.54, 1.807) is 12.3 Å². The van der Waals surface area contributed by atoms with E-state index in [4.69, 9.17) is 10.2 Å². The van der Waals surface area contributed by atoms with Gasteiger partial charge in [-0.25, -0.2) is 8.78 Å². The van der Waals surface area contributed by atoms with Gasteiger partial charge in [0.05, 0.1) is 30.2 Å². The highest BCUT2D eigenvalue weighted by Crippen LogP contribution is 2.26. The average Bonchev–Trinajstić information content (AvgIpc) is 3.21. The molecule has 0 saturated carbocycles. The fourth-order valence-electron chi connectivity index (χ4n) is 2.51. The maximum Gasteiger partial charge on any atom is 0.239 e. The largest absolute Gasteiger partial charge is 0.446 e. The Hall–Kier alpha value is -3.40. The van der Waals surface area contributed by atoms with Crippen molar-refractivity contribution >= 4 is 23.2 Å². The van der Waals surface area contributed by atoms with Gasteiger partial charge in [0.1, 0.15) is 24.4 Å². The molecule has 8 nitrogen and oxygen atoms in total. The van der Waals surface area contributed by atoms with Gasteiger partial charge in [0.15, 0.2) is 5.88 Å². The van der Waals surface area contributed by atoms with Crippen molar-refractivity contribution in [3.63, 3.8) is 0 Å². The summed E-state index contributed by atoms with van der Waals surface area (Å²) in [6, 6.07) is 3.92. The number of halogens is 2. The van der Waals surface area contributed by atoms with E-state index in [0.717, 1.165) is 18.2 Å². The minimum absolute atomic E-state index is 0.0466. The third-order valence-corrected chi connectivity index (χ3v) is 3.63. The van der Waals surface area contributed by atoms with Gasteiger partial charge in [-0.1, -0.05) is 0 Å². The minimum atomic E-state index is -0.729. The van der Waals surface area contributed by atoms with Crippen LogP contribution in [0.5, 0.6) is 0 Å². The lowest BCUT2D eigenvalue weighted by Crippen LogP contribution is -2.18. The first-order valence-corrected chi connectivity index (χ1v) is 7.92. The Morgan fingerprint density at radius 2 is 2.00 bits per heavy atom. The first-order chi connectivity index (χ1) is 12.9. The summed E-state index contributed by atoms with van der Waals surface area (Å²) in [7, 11) is 0. The van der Waals surface area contributed by atoms with Gasteiger partial charge in [-0.3, -0.25) is 9.48 Å². The number of nitrogens with two attached hydrogens (primary N) is 1. The monoisotopic (exact) mass is 377 g/mol. The molecule has 142 valence electrons. The number of rotatable bonds is 8. The Morgan fingerprint density at radius 3 is 2.67 bits per heavy atom. The van der Waals surface area contributed by atoms with Gasteiger partial charge in [-0.15, -0.1) is 0 Å². The molecule has 2 heterocycles. The second-order valence-electron chi connectivity index (χ2n) is 5.80. The summed E-state index contributed by atoms with van der Waals surface area (Å²) in [6.45, 7) is -0.425. The van der Waals surface area contributed by atoms with Crippen LogP contribution in [0.3, 0.4) is 0 Å². The summed E-state index contributed by atoms with van der Waals surface area (Å²) in [4.78, 5) is 10.9. The second-order valence-corrected chi connectivity index (χ2v) is 5.80. The highest BCUT2D eigenvalue weighted by atomic mass is 19.1. The number of carbonyl (C=O) groups is 1. The molecule has 0 aliphatic rings. The van der Waals surface area contributed by atoms with Gasteiger partial charge < -0.3 is 25.9 Å². The zero-order valence-electron chi connectivity index (χ0n) is 14.0. The van der Waals surface area contributed by atoms with Gasteiger partial charge >= 0.3 is 0 Å². The minimum Gasteiger partial charge on any atom is -0.446 e. The van der Waals surface area contributed by atoms with Crippen molar-refractivity contribution in [3.05, 3.63) is 60.1 Å². The summed E-state index contributed by atoms with van der Waals surface area (Å²) in [6.07, 6.45) is 4.45. The van der Waals surface area contributed by atoms with E-state index in [2.05, 4.69) is 15.7 Å². The zero-order chi connectivity index (χ0) is 19.4. The van der Waals surface area contributed by atoms with Crippen LogP contribution in [0.4, 0.5) is 26.0 Å². The number of primary amides is 1. The molecule has 1 aromatic carbocycles. The van der Waals surface area contributed by atoms with Crippen LogP contribution >= 0.6 is 0 Å². The van der Waals surface area contributed by atoms with Crippen LogP contribution in [0, 0.1) is 11.6 Å². The number of aromatic nitrogens is 2. The SMILES string of the molecule is NC(=O)Cn1cc(Nc2cc(NC(CO)c3cc(F)cc(F)c3)co2)cn1. The van der Waals surface area contributed by atoms with Crippen molar-refractivity contribution in [2.75, 3.05) is 17.2 Å². The molecule has 5 N–H and O–H groups in total. The number of benzene rings is 1. The Bertz CT molecular complexity index is 920. The third kappa shape index (κ3) is 4.82. The topological polar surface area (TPSA) is 118 Å². The van der Waals surface area contributed by atoms with Crippen LogP contribution in [-0.4, -0.2) is 27.4 Å². The standard InChI is InChI=1S/C17H17F2N5O3/c18-11-1-10(2-12(19)3-11)15(8-25)22-13-4-17(27-9-13)23-14-5-21-24(6-14)7-16(20)26/h1-6,9,15,22-23,25H,7-8H2,(H2,20,26). The van der Waals surface area contributed by atoms with Crippen molar-refractivity contribution in [1.82, 2.24) is 9.78 Å². The summed E-state index contributed by atoms with van der Waals surface area (Å²) in [5, 5.41) is 19.4. The summed E-state index contributed by atoms with van der Waals surface area (Å²) < 4.78 is 33.5. The van der Waals surface area contributed by atoms with Crippen molar-refractivity contribution < 1.29 is 23.1 Å². The van der Waals surface area contributed by atoms with Gasteiger partial charge in [0.25, 0.3) is 0 Å². The zero-order valence-corrected chi connectivity index (χ0v) is 14.0. The Kier molecular flexibility index (Phi) is 5.36. The fourth-order valence-corrected chi connectivity index (χ4v) is 2.51. The highest BCUT2D eigenvalue weighted by molar-refractivity contribution is 5.73. The number of carbonyl (C=O) groups excluding carboxylic acids is 1. The predicted molar refractivity (Wildman–Crippen MR) is 93.2 cm³/mol. The van der Waals surface area contributed by atoms with Crippen LogP contribution in [0.25, 0.3) is 0 Å². The molecule has 0 bridgehead atoms. The molecule has 0 fully saturated rings. The smallest absolute Gasteiger partial charge is 0.239 e. The molecular weight excluding hydrogens is 360 g/mol. The molecule has 0 spiro atoms. The molecule has 0 aliphatic carbocycles. The number of aliphatic hydroxyl groups is 1. The van der Waals surface area contributed by atoms with Crippen molar-refractivity contribution in [2.24, 2.45) is 5.73 Å². The van der Waals surface area contributed by atoms with E-state index in [9.17, 15) is 18.7 Å². The third-order valence-electron chi connectivity index (χ3n) is 3.63.